The average Bonchev–Trinajstić information content (AvgIpc) is 2.81. The number of carboxylic acid groups (broad SMARTS) is 1. The number of aromatic nitrogens is 2. The number of nitrogens with zero attached hydrogens (tertiary/aromatic N) is 1. The predicted octanol–water partition coefficient (Wildman–Crippen LogP) is 0.496. The van der Waals surface area contributed by atoms with Crippen molar-refractivity contribution in [2.45, 2.75) is 25.2 Å². The molecular weight excluding hydrogens is 170 g/mol. The van der Waals surface area contributed by atoms with E-state index in [1.165, 1.54) is 0 Å². The lowest BCUT2D eigenvalue weighted by Crippen LogP contribution is -2.04. The van der Waals surface area contributed by atoms with Crippen molar-refractivity contribution in [1.29, 1.82) is 0 Å². The summed E-state index contributed by atoms with van der Waals surface area (Å²) in [5.41, 5.74) is 7.13. The fourth-order valence-electron chi connectivity index (χ4n) is 1.44. The SMILES string of the molecule is Nc1n[nH]c(C2CC2)c1CC(=O)O. The summed E-state index contributed by atoms with van der Waals surface area (Å²) in [6.07, 6.45) is 2.18. The zero-order valence-corrected chi connectivity index (χ0v) is 7.08. The molecule has 0 radical (unpaired) electrons. The summed E-state index contributed by atoms with van der Waals surface area (Å²) in [7, 11) is 0. The first-order valence-corrected chi connectivity index (χ1v) is 4.23. The first kappa shape index (κ1) is 8.10. The van der Waals surface area contributed by atoms with Gasteiger partial charge in [-0.3, -0.25) is 9.89 Å². The van der Waals surface area contributed by atoms with Gasteiger partial charge in [0.05, 0.1) is 6.42 Å². The number of anilines is 1. The Morgan fingerprint density at radius 1 is 1.69 bits per heavy atom. The Morgan fingerprint density at radius 2 is 2.38 bits per heavy atom. The highest BCUT2D eigenvalue weighted by atomic mass is 16.4. The summed E-state index contributed by atoms with van der Waals surface area (Å²) < 4.78 is 0. The Labute approximate surface area is 74.9 Å². The molecule has 0 atom stereocenters. The highest BCUT2D eigenvalue weighted by molar-refractivity contribution is 5.73. The van der Waals surface area contributed by atoms with Crippen LogP contribution in [0.4, 0.5) is 5.82 Å². The van der Waals surface area contributed by atoms with Crippen molar-refractivity contribution in [2.24, 2.45) is 0 Å². The largest absolute Gasteiger partial charge is 0.481 e. The monoisotopic (exact) mass is 181 g/mol. The van der Waals surface area contributed by atoms with E-state index in [0.717, 1.165) is 18.5 Å². The number of carboxylic acids is 1. The molecule has 0 aromatic carbocycles. The normalized spacial score (nSPS) is 16.0. The second-order valence-electron chi connectivity index (χ2n) is 3.35. The van der Waals surface area contributed by atoms with Crippen molar-refractivity contribution in [2.75, 3.05) is 5.73 Å². The Hall–Kier alpha value is -1.52. The van der Waals surface area contributed by atoms with Gasteiger partial charge >= 0.3 is 5.97 Å². The van der Waals surface area contributed by atoms with Crippen molar-refractivity contribution in [3.05, 3.63) is 11.3 Å². The van der Waals surface area contributed by atoms with Crippen molar-refractivity contribution in [3.8, 4) is 0 Å². The molecule has 0 amide bonds. The van der Waals surface area contributed by atoms with E-state index in [0.29, 0.717) is 17.3 Å². The molecule has 1 saturated carbocycles. The number of aromatic amines is 1. The molecular formula is C8H11N3O2. The smallest absolute Gasteiger partial charge is 0.308 e. The van der Waals surface area contributed by atoms with Gasteiger partial charge in [-0.05, 0) is 12.8 Å². The zero-order valence-electron chi connectivity index (χ0n) is 7.08. The maximum atomic E-state index is 10.5. The van der Waals surface area contributed by atoms with Crippen LogP contribution in [-0.2, 0) is 11.2 Å². The van der Waals surface area contributed by atoms with Crippen molar-refractivity contribution in [1.82, 2.24) is 10.2 Å². The quantitative estimate of drug-likeness (QED) is 0.633. The highest BCUT2D eigenvalue weighted by Crippen LogP contribution is 2.41. The average molecular weight is 181 g/mol. The standard InChI is InChI=1S/C8H11N3O2/c9-8-5(3-6(12)13)7(10-11-8)4-1-2-4/h4H,1-3H2,(H,12,13)(H3,9,10,11). The van der Waals surface area contributed by atoms with Crippen LogP contribution in [0.5, 0.6) is 0 Å². The summed E-state index contributed by atoms with van der Waals surface area (Å²) in [5, 5.41) is 15.3. The van der Waals surface area contributed by atoms with E-state index in [9.17, 15) is 4.79 Å². The molecule has 1 fully saturated rings. The highest BCUT2D eigenvalue weighted by Gasteiger charge is 2.29. The third-order valence-corrected chi connectivity index (χ3v) is 2.24. The molecule has 0 aliphatic heterocycles. The molecule has 5 nitrogen and oxygen atoms in total. The van der Waals surface area contributed by atoms with Gasteiger partial charge in [-0.2, -0.15) is 5.10 Å². The first-order valence-electron chi connectivity index (χ1n) is 4.23. The summed E-state index contributed by atoms with van der Waals surface area (Å²) in [6, 6.07) is 0. The van der Waals surface area contributed by atoms with Crippen LogP contribution in [0, 0.1) is 0 Å². The van der Waals surface area contributed by atoms with Crippen LogP contribution in [0.2, 0.25) is 0 Å². The summed E-state index contributed by atoms with van der Waals surface area (Å²) in [6.45, 7) is 0. The van der Waals surface area contributed by atoms with E-state index in [4.69, 9.17) is 10.8 Å². The summed E-state index contributed by atoms with van der Waals surface area (Å²) in [5.74, 6) is -0.0848. The van der Waals surface area contributed by atoms with Crippen LogP contribution in [0.1, 0.15) is 30.0 Å². The molecule has 5 heteroatoms. The van der Waals surface area contributed by atoms with Crippen molar-refractivity contribution >= 4 is 11.8 Å². The molecule has 1 aromatic heterocycles. The van der Waals surface area contributed by atoms with Gasteiger partial charge in [0.1, 0.15) is 5.82 Å². The molecule has 0 spiro atoms. The lowest BCUT2D eigenvalue weighted by atomic mass is 10.1. The Morgan fingerprint density at radius 3 is 2.92 bits per heavy atom. The van der Waals surface area contributed by atoms with E-state index in [1.807, 2.05) is 0 Å². The minimum Gasteiger partial charge on any atom is -0.481 e. The maximum absolute atomic E-state index is 10.5. The number of nitrogens with two attached hydrogens (primary N) is 1. The molecule has 13 heavy (non-hydrogen) atoms. The van der Waals surface area contributed by atoms with Gasteiger partial charge < -0.3 is 10.8 Å². The zero-order chi connectivity index (χ0) is 9.42. The van der Waals surface area contributed by atoms with Crippen molar-refractivity contribution in [3.63, 3.8) is 0 Å². The number of aliphatic carboxylic acids is 1. The third kappa shape index (κ3) is 1.49. The van der Waals surface area contributed by atoms with E-state index < -0.39 is 5.97 Å². The van der Waals surface area contributed by atoms with Crippen LogP contribution in [0.25, 0.3) is 0 Å². The second-order valence-corrected chi connectivity index (χ2v) is 3.35. The number of carbonyl (C=O) groups is 1. The van der Waals surface area contributed by atoms with Gasteiger partial charge in [0.25, 0.3) is 0 Å². The number of rotatable bonds is 3. The molecule has 0 unspecified atom stereocenters. The van der Waals surface area contributed by atoms with Crippen LogP contribution in [0.15, 0.2) is 0 Å². The fraction of sp³-hybridized carbons (Fsp3) is 0.500. The van der Waals surface area contributed by atoms with Crippen LogP contribution >= 0.6 is 0 Å². The molecule has 1 aliphatic carbocycles. The summed E-state index contributed by atoms with van der Waals surface area (Å²) >= 11 is 0. The fourth-order valence-corrected chi connectivity index (χ4v) is 1.44. The molecule has 0 saturated heterocycles. The van der Waals surface area contributed by atoms with E-state index in [1.54, 1.807) is 0 Å². The molecule has 2 rings (SSSR count). The molecule has 1 heterocycles. The minimum atomic E-state index is -0.866. The molecule has 1 aromatic rings. The van der Waals surface area contributed by atoms with E-state index in [-0.39, 0.29) is 6.42 Å². The number of hydrogen-bond donors (Lipinski definition) is 3. The number of H-pyrrole nitrogens is 1. The van der Waals surface area contributed by atoms with Crippen LogP contribution in [0.3, 0.4) is 0 Å². The first-order chi connectivity index (χ1) is 6.18. The number of nitrogens with one attached hydrogen (secondary N) is 1. The van der Waals surface area contributed by atoms with Gasteiger partial charge in [-0.15, -0.1) is 0 Å². The Balaban J connectivity index is 2.28. The van der Waals surface area contributed by atoms with Gasteiger partial charge in [-0.1, -0.05) is 0 Å². The molecule has 0 bridgehead atoms. The summed E-state index contributed by atoms with van der Waals surface area (Å²) in [4.78, 5) is 10.5. The molecule has 4 N–H and O–H groups in total. The number of nitrogen functional groups attached to an aromatic ring is 1. The molecule has 70 valence electrons. The molecule has 1 aliphatic rings. The van der Waals surface area contributed by atoms with Crippen molar-refractivity contribution < 1.29 is 9.90 Å². The maximum Gasteiger partial charge on any atom is 0.308 e. The van der Waals surface area contributed by atoms with Gasteiger partial charge in [0.15, 0.2) is 0 Å². The van der Waals surface area contributed by atoms with Gasteiger partial charge in [0.2, 0.25) is 0 Å². The third-order valence-electron chi connectivity index (χ3n) is 2.24. The van der Waals surface area contributed by atoms with Gasteiger partial charge in [0, 0.05) is 17.2 Å². The topological polar surface area (TPSA) is 92.0 Å². The van der Waals surface area contributed by atoms with Crippen LogP contribution in [-0.4, -0.2) is 21.3 Å². The Bertz CT molecular complexity index is 341. The second kappa shape index (κ2) is 2.76. The number of hydrogen-bond acceptors (Lipinski definition) is 3. The lowest BCUT2D eigenvalue weighted by Gasteiger charge is -1.97. The minimum absolute atomic E-state index is 0.0336. The lowest BCUT2D eigenvalue weighted by molar-refractivity contribution is -0.136. The van der Waals surface area contributed by atoms with E-state index in [2.05, 4.69) is 10.2 Å². The predicted molar refractivity (Wildman–Crippen MR) is 46.3 cm³/mol. The van der Waals surface area contributed by atoms with E-state index >= 15 is 0 Å². The van der Waals surface area contributed by atoms with Crippen LogP contribution < -0.4 is 5.73 Å². The Kier molecular flexibility index (Phi) is 1.72. The van der Waals surface area contributed by atoms with Gasteiger partial charge in [-0.25, -0.2) is 0 Å².